The van der Waals surface area contributed by atoms with Gasteiger partial charge in [0.1, 0.15) is 12.4 Å². The standard InChI is InChI=1S/C16H29N3O/c1-6-19(7-2)10-11-20-15-13-17-9-8-14(15)12-18-16(3,4)5/h8-9,13,18H,6-7,10-12H2,1-5H3. The second-order valence-corrected chi connectivity index (χ2v) is 5.96. The van der Waals surface area contributed by atoms with E-state index in [1.807, 2.05) is 18.5 Å². The second kappa shape index (κ2) is 8.22. The van der Waals surface area contributed by atoms with Crippen LogP contribution >= 0.6 is 0 Å². The first-order valence-electron chi connectivity index (χ1n) is 7.49. The van der Waals surface area contributed by atoms with E-state index in [1.54, 1.807) is 0 Å². The van der Waals surface area contributed by atoms with Gasteiger partial charge in [0, 0.05) is 30.4 Å². The van der Waals surface area contributed by atoms with Crippen LogP contribution in [0.1, 0.15) is 40.2 Å². The molecule has 0 bridgehead atoms. The summed E-state index contributed by atoms with van der Waals surface area (Å²) in [5.41, 5.74) is 1.26. The Labute approximate surface area is 123 Å². The minimum atomic E-state index is 0.0990. The van der Waals surface area contributed by atoms with Gasteiger partial charge in [-0.3, -0.25) is 4.98 Å². The molecule has 1 aromatic rings. The minimum Gasteiger partial charge on any atom is -0.490 e. The van der Waals surface area contributed by atoms with E-state index in [9.17, 15) is 0 Å². The van der Waals surface area contributed by atoms with Crippen LogP contribution in [0.5, 0.6) is 5.75 Å². The molecule has 0 aliphatic heterocycles. The Kier molecular flexibility index (Phi) is 6.96. The topological polar surface area (TPSA) is 37.4 Å². The summed E-state index contributed by atoms with van der Waals surface area (Å²) in [6.45, 7) is 15.4. The van der Waals surface area contributed by atoms with Gasteiger partial charge in [-0.15, -0.1) is 0 Å². The molecule has 0 aromatic carbocycles. The Morgan fingerprint density at radius 1 is 1.25 bits per heavy atom. The van der Waals surface area contributed by atoms with Crippen molar-refractivity contribution in [3.63, 3.8) is 0 Å². The van der Waals surface area contributed by atoms with Gasteiger partial charge < -0.3 is 15.0 Å². The zero-order valence-electron chi connectivity index (χ0n) is 13.6. The summed E-state index contributed by atoms with van der Waals surface area (Å²) in [4.78, 5) is 6.51. The number of aromatic nitrogens is 1. The Balaban J connectivity index is 2.53. The Morgan fingerprint density at radius 3 is 2.55 bits per heavy atom. The van der Waals surface area contributed by atoms with E-state index in [1.165, 1.54) is 0 Å². The first kappa shape index (κ1) is 16.9. The van der Waals surface area contributed by atoms with Crippen LogP contribution in [0.3, 0.4) is 0 Å². The number of hydrogen-bond donors (Lipinski definition) is 1. The molecular weight excluding hydrogens is 250 g/mol. The molecule has 0 spiro atoms. The highest BCUT2D eigenvalue weighted by molar-refractivity contribution is 5.29. The summed E-state index contributed by atoms with van der Waals surface area (Å²) < 4.78 is 5.89. The number of likely N-dealkylation sites (N-methyl/N-ethyl adjacent to an activating group) is 1. The average molecular weight is 279 g/mol. The molecule has 0 aliphatic carbocycles. The molecule has 114 valence electrons. The molecule has 4 nitrogen and oxygen atoms in total. The average Bonchev–Trinajstić information content (AvgIpc) is 2.41. The molecule has 1 heterocycles. The highest BCUT2D eigenvalue weighted by atomic mass is 16.5. The van der Waals surface area contributed by atoms with Gasteiger partial charge in [-0.25, -0.2) is 0 Å². The molecule has 0 amide bonds. The monoisotopic (exact) mass is 279 g/mol. The lowest BCUT2D eigenvalue weighted by atomic mass is 10.1. The van der Waals surface area contributed by atoms with Crippen LogP contribution in [0.15, 0.2) is 18.5 Å². The van der Waals surface area contributed by atoms with Gasteiger partial charge >= 0.3 is 0 Å². The Bertz CT molecular complexity index is 384. The van der Waals surface area contributed by atoms with Crippen molar-refractivity contribution in [1.29, 1.82) is 0 Å². The van der Waals surface area contributed by atoms with Gasteiger partial charge in [-0.1, -0.05) is 13.8 Å². The third kappa shape index (κ3) is 6.35. The van der Waals surface area contributed by atoms with Crippen LogP contribution in [-0.4, -0.2) is 41.7 Å². The maximum Gasteiger partial charge on any atom is 0.142 e. The molecule has 20 heavy (non-hydrogen) atoms. The van der Waals surface area contributed by atoms with Crippen LogP contribution in [0, 0.1) is 0 Å². The zero-order valence-corrected chi connectivity index (χ0v) is 13.6. The van der Waals surface area contributed by atoms with Gasteiger partial charge in [0.2, 0.25) is 0 Å². The molecule has 4 heteroatoms. The van der Waals surface area contributed by atoms with Gasteiger partial charge in [-0.2, -0.15) is 0 Å². The molecule has 0 aliphatic rings. The summed E-state index contributed by atoms with van der Waals surface area (Å²) in [5.74, 6) is 0.886. The highest BCUT2D eigenvalue weighted by Crippen LogP contribution is 2.17. The summed E-state index contributed by atoms with van der Waals surface area (Å²) >= 11 is 0. The lowest BCUT2D eigenvalue weighted by Crippen LogP contribution is -2.35. The van der Waals surface area contributed by atoms with Crippen molar-refractivity contribution in [1.82, 2.24) is 15.2 Å². The molecule has 1 N–H and O–H groups in total. The largest absolute Gasteiger partial charge is 0.490 e. The van der Waals surface area contributed by atoms with Gasteiger partial charge in [0.25, 0.3) is 0 Å². The van der Waals surface area contributed by atoms with E-state index in [0.717, 1.165) is 37.5 Å². The van der Waals surface area contributed by atoms with Crippen LogP contribution in [0.4, 0.5) is 0 Å². The first-order chi connectivity index (χ1) is 9.46. The van der Waals surface area contributed by atoms with Crippen molar-refractivity contribution in [2.24, 2.45) is 0 Å². The number of rotatable bonds is 8. The lowest BCUT2D eigenvalue weighted by Gasteiger charge is -2.22. The van der Waals surface area contributed by atoms with E-state index in [-0.39, 0.29) is 5.54 Å². The van der Waals surface area contributed by atoms with E-state index >= 15 is 0 Å². The molecule has 0 unspecified atom stereocenters. The van der Waals surface area contributed by atoms with Gasteiger partial charge in [0.05, 0.1) is 6.20 Å². The Hall–Kier alpha value is -1.13. The molecule has 1 aromatic heterocycles. The number of ether oxygens (including phenoxy) is 1. The molecule has 1 rings (SSSR count). The smallest absolute Gasteiger partial charge is 0.142 e. The molecule has 0 radical (unpaired) electrons. The van der Waals surface area contributed by atoms with Crippen molar-refractivity contribution >= 4 is 0 Å². The fourth-order valence-electron chi connectivity index (χ4n) is 1.87. The molecule has 0 saturated carbocycles. The molecular formula is C16H29N3O. The predicted octanol–water partition coefficient (Wildman–Crippen LogP) is 2.69. The van der Waals surface area contributed by atoms with E-state index in [4.69, 9.17) is 4.74 Å². The molecule has 0 saturated heterocycles. The van der Waals surface area contributed by atoms with Crippen molar-refractivity contribution in [3.8, 4) is 5.75 Å². The normalized spacial score (nSPS) is 11.9. The van der Waals surface area contributed by atoms with Crippen molar-refractivity contribution in [3.05, 3.63) is 24.0 Å². The SMILES string of the molecule is CCN(CC)CCOc1cnccc1CNC(C)(C)C. The van der Waals surface area contributed by atoms with E-state index in [0.29, 0.717) is 6.61 Å². The maximum atomic E-state index is 5.89. The third-order valence-electron chi connectivity index (χ3n) is 3.24. The number of nitrogens with zero attached hydrogens (tertiary/aromatic N) is 2. The maximum absolute atomic E-state index is 5.89. The highest BCUT2D eigenvalue weighted by Gasteiger charge is 2.11. The molecule has 0 fully saturated rings. The van der Waals surface area contributed by atoms with Gasteiger partial charge in [0.15, 0.2) is 0 Å². The van der Waals surface area contributed by atoms with Crippen molar-refractivity contribution in [2.75, 3.05) is 26.2 Å². The van der Waals surface area contributed by atoms with Crippen LogP contribution < -0.4 is 10.1 Å². The summed E-state index contributed by atoms with van der Waals surface area (Å²) in [5, 5.41) is 3.48. The van der Waals surface area contributed by atoms with E-state index < -0.39 is 0 Å². The number of hydrogen-bond acceptors (Lipinski definition) is 4. The minimum absolute atomic E-state index is 0.0990. The van der Waals surface area contributed by atoms with Crippen molar-refractivity contribution in [2.45, 2.75) is 46.7 Å². The fourth-order valence-corrected chi connectivity index (χ4v) is 1.87. The fraction of sp³-hybridized carbons (Fsp3) is 0.688. The van der Waals surface area contributed by atoms with Gasteiger partial charge in [-0.05, 0) is 39.9 Å². The second-order valence-electron chi connectivity index (χ2n) is 5.96. The van der Waals surface area contributed by atoms with Crippen LogP contribution in [0.2, 0.25) is 0 Å². The molecule has 0 atom stereocenters. The Morgan fingerprint density at radius 2 is 1.95 bits per heavy atom. The summed E-state index contributed by atoms with van der Waals surface area (Å²) in [6.07, 6.45) is 3.62. The predicted molar refractivity (Wildman–Crippen MR) is 84.1 cm³/mol. The quantitative estimate of drug-likeness (QED) is 0.794. The van der Waals surface area contributed by atoms with Crippen LogP contribution in [-0.2, 0) is 6.54 Å². The number of pyridine rings is 1. The van der Waals surface area contributed by atoms with Crippen LogP contribution in [0.25, 0.3) is 0 Å². The first-order valence-corrected chi connectivity index (χ1v) is 7.49. The van der Waals surface area contributed by atoms with E-state index in [2.05, 4.69) is 49.8 Å². The third-order valence-corrected chi connectivity index (χ3v) is 3.24. The number of nitrogens with one attached hydrogen (secondary N) is 1. The lowest BCUT2D eigenvalue weighted by molar-refractivity contribution is 0.220. The summed E-state index contributed by atoms with van der Waals surface area (Å²) in [6, 6.07) is 2.02. The zero-order chi connectivity index (χ0) is 15.0. The van der Waals surface area contributed by atoms with Crippen molar-refractivity contribution < 1.29 is 4.74 Å². The summed E-state index contributed by atoms with van der Waals surface area (Å²) in [7, 11) is 0.